The van der Waals surface area contributed by atoms with Crippen molar-refractivity contribution in [1.82, 2.24) is 4.90 Å². The Bertz CT molecular complexity index is 704. The Kier molecular flexibility index (Phi) is 5.62. The van der Waals surface area contributed by atoms with Crippen molar-refractivity contribution in [3.63, 3.8) is 0 Å². The molecular formula is C20H25NO3. The van der Waals surface area contributed by atoms with E-state index < -0.39 is 5.60 Å². The van der Waals surface area contributed by atoms with Crippen LogP contribution in [0.5, 0.6) is 5.75 Å². The van der Waals surface area contributed by atoms with Gasteiger partial charge < -0.3 is 14.7 Å². The molecule has 0 unspecified atom stereocenters. The number of rotatable bonds is 6. The third kappa shape index (κ3) is 4.59. The molecule has 1 N–H and O–H groups in total. The molecular weight excluding hydrogens is 302 g/mol. The molecule has 0 aromatic heterocycles. The van der Waals surface area contributed by atoms with E-state index in [2.05, 4.69) is 0 Å². The molecule has 0 saturated heterocycles. The molecule has 2 aromatic rings. The maximum absolute atomic E-state index is 12.6. The van der Waals surface area contributed by atoms with Gasteiger partial charge in [0.1, 0.15) is 5.75 Å². The van der Waals surface area contributed by atoms with Crippen LogP contribution in [-0.4, -0.2) is 41.7 Å². The first-order chi connectivity index (χ1) is 11.3. The molecule has 0 fully saturated rings. The summed E-state index contributed by atoms with van der Waals surface area (Å²) in [5, 5.41) is 9.90. The van der Waals surface area contributed by atoms with Gasteiger partial charge in [0.25, 0.3) is 5.91 Å². The van der Waals surface area contributed by atoms with Gasteiger partial charge in [-0.05, 0) is 44.5 Å². The summed E-state index contributed by atoms with van der Waals surface area (Å²) in [5.74, 6) is 0.683. The highest BCUT2D eigenvalue weighted by Gasteiger charge is 2.20. The summed E-state index contributed by atoms with van der Waals surface area (Å²) in [4.78, 5) is 14.1. The fourth-order valence-corrected chi connectivity index (χ4v) is 2.68. The van der Waals surface area contributed by atoms with E-state index in [1.165, 1.54) is 4.90 Å². The lowest BCUT2D eigenvalue weighted by Crippen LogP contribution is -2.39. The number of benzene rings is 2. The zero-order valence-corrected chi connectivity index (χ0v) is 14.7. The van der Waals surface area contributed by atoms with Crippen LogP contribution >= 0.6 is 0 Å². The largest absolute Gasteiger partial charge is 0.493 e. The van der Waals surface area contributed by atoms with Crippen molar-refractivity contribution < 1.29 is 14.6 Å². The summed E-state index contributed by atoms with van der Waals surface area (Å²) < 4.78 is 5.68. The normalized spacial score (nSPS) is 11.2. The van der Waals surface area contributed by atoms with Crippen LogP contribution in [-0.2, 0) is 0 Å². The van der Waals surface area contributed by atoms with Gasteiger partial charge in [-0.3, -0.25) is 4.79 Å². The van der Waals surface area contributed by atoms with E-state index >= 15 is 0 Å². The number of hydrogen-bond acceptors (Lipinski definition) is 3. The second-order valence-electron chi connectivity index (χ2n) is 6.48. The number of hydrogen-bond donors (Lipinski definition) is 1. The van der Waals surface area contributed by atoms with E-state index in [4.69, 9.17) is 4.74 Å². The van der Waals surface area contributed by atoms with Crippen LogP contribution < -0.4 is 4.74 Å². The molecule has 0 atom stereocenters. The molecule has 0 aliphatic carbocycles. The Balaban J connectivity index is 2.31. The monoisotopic (exact) mass is 327 g/mol. The standard InChI is InChI=1S/C20H25NO3/c1-5-24-18-12-7-6-11-17(18)15-9-8-10-16(13-15)19(22)21(4)14-20(2,3)23/h6-13,23H,5,14H2,1-4H3. The van der Waals surface area contributed by atoms with Crippen molar-refractivity contribution in [2.24, 2.45) is 0 Å². The minimum Gasteiger partial charge on any atom is -0.493 e. The van der Waals surface area contributed by atoms with Gasteiger partial charge in [0.05, 0.1) is 12.2 Å². The Morgan fingerprint density at radius 2 is 1.88 bits per heavy atom. The first kappa shape index (κ1) is 18.0. The van der Waals surface area contributed by atoms with E-state index in [0.29, 0.717) is 12.2 Å². The summed E-state index contributed by atoms with van der Waals surface area (Å²) in [6, 6.07) is 15.3. The number of ether oxygens (including phenoxy) is 1. The number of nitrogens with zero attached hydrogens (tertiary/aromatic N) is 1. The van der Waals surface area contributed by atoms with Crippen LogP contribution in [0.1, 0.15) is 31.1 Å². The maximum atomic E-state index is 12.6. The van der Waals surface area contributed by atoms with Crippen LogP contribution in [0.3, 0.4) is 0 Å². The van der Waals surface area contributed by atoms with Crippen molar-refractivity contribution in [3.8, 4) is 16.9 Å². The first-order valence-electron chi connectivity index (χ1n) is 8.12. The minimum absolute atomic E-state index is 0.118. The molecule has 0 spiro atoms. The summed E-state index contributed by atoms with van der Waals surface area (Å²) >= 11 is 0. The highest BCUT2D eigenvalue weighted by Crippen LogP contribution is 2.30. The first-order valence-corrected chi connectivity index (χ1v) is 8.12. The molecule has 4 nitrogen and oxygen atoms in total. The molecule has 0 bridgehead atoms. The molecule has 2 aromatic carbocycles. The third-order valence-corrected chi connectivity index (χ3v) is 3.58. The van der Waals surface area contributed by atoms with Gasteiger partial charge >= 0.3 is 0 Å². The minimum atomic E-state index is -0.927. The predicted octanol–water partition coefficient (Wildman–Crippen LogP) is 3.60. The Morgan fingerprint density at radius 1 is 1.17 bits per heavy atom. The van der Waals surface area contributed by atoms with Gasteiger partial charge in [-0.15, -0.1) is 0 Å². The van der Waals surface area contributed by atoms with E-state index in [-0.39, 0.29) is 12.5 Å². The lowest BCUT2D eigenvalue weighted by molar-refractivity contribution is 0.0368. The van der Waals surface area contributed by atoms with Crippen molar-refractivity contribution in [1.29, 1.82) is 0 Å². The lowest BCUT2D eigenvalue weighted by atomic mass is 10.0. The van der Waals surface area contributed by atoms with Gasteiger partial charge in [-0.25, -0.2) is 0 Å². The van der Waals surface area contributed by atoms with Crippen LogP contribution in [0.4, 0.5) is 0 Å². The molecule has 24 heavy (non-hydrogen) atoms. The number of likely N-dealkylation sites (N-methyl/N-ethyl adjacent to an activating group) is 1. The van der Waals surface area contributed by atoms with E-state index in [0.717, 1.165) is 16.9 Å². The molecule has 4 heteroatoms. The smallest absolute Gasteiger partial charge is 0.253 e. The summed E-state index contributed by atoms with van der Waals surface area (Å²) in [7, 11) is 1.70. The molecule has 128 valence electrons. The number of amides is 1. The van der Waals surface area contributed by atoms with Gasteiger partial charge in [-0.1, -0.05) is 30.3 Å². The summed E-state index contributed by atoms with van der Waals surface area (Å²) in [5.41, 5.74) is 1.55. The zero-order chi connectivity index (χ0) is 17.7. The molecule has 2 rings (SSSR count). The quantitative estimate of drug-likeness (QED) is 0.882. The molecule has 0 heterocycles. The SMILES string of the molecule is CCOc1ccccc1-c1cccc(C(=O)N(C)CC(C)(C)O)c1. The van der Waals surface area contributed by atoms with Gasteiger partial charge in [-0.2, -0.15) is 0 Å². The second-order valence-corrected chi connectivity index (χ2v) is 6.48. The fraction of sp³-hybridized carbons (Fsp3) is 0.350. The van der Waals surface area contributed by atoms with E-state index in [1.54, 1.807) is 27.0 Å². The van der Waals surface area contributed by atoms with Crippen LogP contribution in [0.15, 0.2) is 48.5 Å². The fourth-order valence-electron chi connectivity index (χ4n) is 2.68. The lowest BCUT2D eigenvalue weighted by Gasteiger charge is -2.25. The average molecular weight is 327 g/mol. The van der Waals surface area contributed by atoms with Crippen molar-refractivity contribution >= 4 is 5.91 Å². The Morgan fingerprint density at radius 3 is 2.54 bits per heavy atom. The second kappa shape index (κ2) is 7.49. The number of aliphatic hydroxyl groups is 1. The van der Waals surface area contributed by atoms with E-state index in [1.807, 2.05) is 49.4 Å². The highest BCUT2D eigenvalue weighted by atomic mass is 16.5. The summed E-state index contributed by atoms with van der Waals surface area (Å²) in [6.07, 6.45) is 0. The third-order valence-electron chi connectivity index (χ3n) is 3.58. The molecule has 0 aliphatic heterocycles. The maximum Gasteiger partial charge on any atom is 0.253 e. The van der Waals surface area contributed by atoms with Crippen LogP contribution in [0, 0.1) is 0 Å². The number of carbonyl (C=O) groups excluding carboxylic acids is 1. The molecule has 0 aliphatic rings. The number of carbonyl (C=O) groups is 1. The van der Waals surface area contributed by atoms with Crippen LogP contribution in [0.25, 0.3) is 11.1 Å². The van der Waals surface area contributed by atoms with Crippen molar-refractivity contribution in [2.75, 3.05) is 20.2 Å². The van der Waals surface area contributed by atoms with Crippen LogP contribution in [0.2, 0.25) is 0 Å². The van der Waals surface area contributed by atoms with Gasteiger partial charge in [0.2, 0.25) is 0 Å². The zero-order valence-electron chi connectivity index (χ0n) is 14.7. The van der Waals surface area contributed by atoms with Crippen molar-refractivity contribution in [2.45, 2.75) is 26.4 Å². The highest BCUT2D eigenvalue weighted by molar-refractivity contribution is 5.95. The van der Waals surface area contributed by atoms with Gasteiger partial charge in [0.15, 0.2) is 0 Å². The molecule has 0 saturated carbocycles. The number of para-hydroxylation sites is 1. The Hall–Kier alpha value is -2.33. The topological polar surface area (TPSA) is 49.8 Å². The Labute approximate surface area is 143 Å². The molecule has 1 amide bonds. The van der Waals surface area contributed by atoms with E-state index in [9.17, 15) is 9.90 Å². The van der Waals surface area contributed by atoms with Crippen molar-refractivity contribution in [3.05, 3.63) is 54.1 Å². The summed E-state index contributed by atoms with van der Waals surface area (Å²) in [6.45, 7) is 6.18. The molecule has 0 radical (unpaired) electrons. The average Bonchev–Trinajstić information content (AvgIpc) is 2.53. The predicted molar refractivity (Wildman–Crippen MR) is 96.3 cm³/mol. The van der Waals surface area contributed by atoms with Gasteiger partial charge in [0, 0.05) is 24.7 Å².